The summed E-state index contributed by atoms with van der Waals surface area (Å²) in [6.07, 6.45) is 0.980. The third-order valence-corrected chi connectivity index (χ3v) is 2.46. The molecule has 14 heavy (non-hydrogen) atoms. The van der Waals surface area contributed by atoms with Crippen LogP contribution in [-0.4, -0.2) is 19.7 Å². The van der Waals surface area contributed by atoms with Crippen molar-refractivity contribution in [3.63, 3.8) is 0 Å². The standard InChI is InChI=1S/C8H6FNO3S/c1-14(11,12)8-10-6-4-5(9)2-3-7(6)13-8/h2-4H,1H3. The van der Waals surface area contributed by atoms with E-state index in [9.17, 15) is 12.8 Å². The highest BCUT2D eigenvalue weighted by Crippen LogP contribution is 2.19. The molecule has 0 unspecified atom stereocenters. The second-order valence-corrected chi connectivity index (χ2v) is 4.76. The molecular weight excluding hydrogens is 209 g/mol. The van der Waals surface area contributed by atoms with E-state index in [2.05, 4.69) is 4.98 Å². The van der Waals surface area contributed by atoms with Gasteiger partial charge in [0.25, 0.3) is 0 Å². The number of aromatic nitrogens is 1. The third-order valence-electron chi connectivity index (χ3n) is 1.65. The molecule has 4 nitrogen and oxygen atoms in total. The number of halogens is 1. The van der Waals surface area contributed by atoms with Gasteiger partial charge >= 0.3 is 5.22 Å². The minimum atomic E-state index is -3.48. The Hall–Kier alpha value is -1.43. The van der Waals surface area contributed by atoms with E-state index >= 15 is 0 Å². The van der Waals surface area contributed by atoms with Crippen molar-refractivity contribution >= 4 is 20.9 Å². The third kappa shape index (κ3) is 1.48. The van der Waals surface area contributed by atoms with Crippen LogP contribution in [0.4, 0.5) is 4.39 Å². The SMILES string of the molecule is CS(=O)(=O)c1nc2cc(F)ccc2o1. The number of rotatable bonds is 1. The van der Waals surface area contributed by atoms with Gasteiger partial charge < -0.3 is 4.42 Å². The Morgan fingerprint density at radius 1 is 1.43 bits per heavy atom. The van der Waals surface area contributed by atoms with Gasteiger partial charge in [-0.2, -0.15) is 4.98 Å². The highest BCUT2D eigenvalue weighted by Gasteiger charge is 2.15. The van der Waals surface area contributed by atoms with Gasteiger partial charge in [-0.3, -0.25) is 0 Å². The van der Waals surface area contributed by atoms with Crippen LogP contribution >= 0.6 is 0 Å². The summed E-state index contributed by atoms with van der Waals surface area (Å²) < 4.78 is 39.7. The van der Waals surface area contributed by atoms with Crippen molar-refractivity contribution in [3.05, 3.63) is 24.0 Å². The number of oxazole rings is 1. The van der Waals surface area contributed by atoms with Crippen molar-refractivity contribution in [2.45, 2.75) is 5.22 Å². The monoisotopic (exact) mass is 215 g/mol. The molecule has 1 heterocycles. The lowest BCUT2D eigenvalue weighted by molar-refractivity contribution is 0.460. The largest absolute Gasteiger partial charge is 0.428 e. The molecule has 0 aliphatic rings. The molecule has 2 rings (SSSR count). The summed E-state index contributed by atoms with van der Waals surface area (Å²) in [5, 5.41) is -0.391. The molecule has 0 bridgehead atoms. The van der Waals surface area contributed by atoms with Gasteiger partial charge in [-0.15, -0.1) is 0 Å². The minimum Gasteiger partial charge on any atom is -0.428 e. The molecule has 0 saturated heterocycles. The maximum absolute atomic E-state index is 12.7. The van der Waals surface area contributed by atoms with Crippen molar-refractivity contribution < 1.29 is 17.2 Å². The van der Waals surface area contributed by atoms with Gasteiger partial charge in [0.2, 0.25) is 9.84 Å². The van der Waals surface area contributed by atoms with Gasteiger partial charge in [0, 0.05) is 12.3 Å². The molecule has 6 heteroatoms. The molecule has 0 fully saturated rings. The van der Waals surface area contributed by atoms with E-state index in [0.717, 1.165) is 12.3 Å². The van der Waals surface area contributed by atoms with Gasteiger partial charge in [-0.25, -0.2) is 12.8 Å². The molecule has 2 aromatic rings. The van der Waals surface area contributed by atoms with Gasteiger partial charge in [0.1, 0.15) is 11.3 Å². The molecule has 0 amide bonds. The summed E-state index contributed by atoms with van der Waals surface area (Å²) in [6.45, 7) is 0. The molecule has 1 aromatic heterocycles. The Bertz CT molecular complexity index is 588. The van der Waals surface area contributed by atoms with E-state index in [0.29, 0.717) is 0 Å². The molecule has 1 aromatic carbocycles. The van der Waals surface area contributed by atoms with Crippen LogP contribution in [0.15, 0.2) is 27.8 Å². The Morgan fingerprint density at radius 3 is 2.79 bits per heavy atom. The number of hydrogen-bond acceptors (Lipinski definition) is 4. The van der Waals surface area contributed by atoms with Crippen LogP contribution in [0.1, 0.15) is 0 Å². The molecular formula is C8H6FNO3S. The van der Waals surface area contributed by atoms with Crippen LogP contribution in [-0.2, 0) is 9.84 Å². The Labute approximate surface area is 79.3 Å². The van der Waals surface area contributed by atoms with E-state index in [1.165, 1.54) is 12.1 Å². The zero-order valence-electron chi connectivity index (χ0n) is 7.19. The zero-order valence-corrected chi connectivity index (χ0v) is 8.01. The average Bonchev–Trinajstić information content (AvgIpc) is 2.45. The van der Waals surface area contributed by atoms with Crippen LogP contribution in [0.5, 0.6) is 0 Å². The lowest BCUT2D eigenvalue weighted by atomic mass is 10.3. The molecule has 0 saturated carbocycles. The summed E-state index contributed by atoms with van der Waals surface area (Å²) in [4.78, 5) is 3.65. The van der Waals surface area contributed by atoms with E-state index in [4.69, 9.17) is 4.42 Å². The Kier molecular flexibility index (Phi) is 1.81. The quantitative estimate of drug-likeness (QED) is 0.720. The molecule has 0 aliphatic heterocycles. The summed E-state index contributed by atoms with van der Waals surface area (Å²) in [5.74, 6) is -0.481. The zero-order chi connectivity index (χ0) is 10.3. The maximum atomic E-state index is 12.7. The Morgan fingerprint density at radius 2 is 2.14 bits per heavy atom. The van der Waals surface area contributed by atoms with Crippen molar-refractivity contribution in [2.24, 2.45) is 0 Å². The number of benzene rings is 1. The highest BCUT2D eigenvalue weighted by molar-refractivity contribution is 7.90. The first kappa shape index (κ1) is 9.14. The van der Waals surface area contributed by atoms with Crippen LogP contribution in [0.3, 0.4) is 0 Å². The van der Waals surface area contributed by atoms with E-state index in [-0.39, 0.29) is 11.1 Å². The summed E-state index contributed by atoms with van der Waals surface area (Å²) in [7, 11) is -3.48. The van der Waals surface area contributed by atoms with E-state index in [1.807, 2.05) is 0 Å². The number of hydrogen-bond donors (Lipinski definition) is 0. The Balaban J connectivity index is 2.75. The van der Waals surface area contributed by atoms with Gasteiger partial charge in [0.05, 0.1) is 0 Å². The van der Waals surface area contributed by atoms with Crippen molar-refractivity contribution in [1.29, 1.82) is 0 Å². The molecule has 0 radical (unpaired) electrons. The van der Waals surface area contributed by atoms with Crippen molar-refractivity contribution in [2.75, 3.05) is 6.26 Å². The molecule has 0 spiro atoms. The normalized spacial score (nSPS) is 12.1. The van der Waals surface area contributed by atoms with Crippen LogP contribution in [0.25, 0.3) is 11.1 Å². The fourth-order valence-corrected chi connectivity index (χ4v) is 1.54. The highest BCUT2D eigenvalue weighted by atomic mass is 32.2. The van der Waals surface area contributed by atoms with Crippen LogP contribution in [0, 0.1) is 5.82 Å². The first-order valence-corrected chi connectivity index (χ1v) is 5.62. The van der Waals surface area contributed by atoms with E-state index < -0.39 is 20.9 Å². The predicted octanol–water partition coefficient (Wildman–Crippen LogP) is 1.37. The average molecular weight is 215 g/mol. The van der Waals surface area contributed by atoms with Gasteiger partial charge in [0.15, 0.2) is 5.58 Å². The summed E-state index contributed by atoms with van der Waals surface area (Å²) in [6, 6.07) is 3.64. The maximum Gasteiger partial charge on any atom is 0.315 e. The van der Waals surface area contributed by atoms with Crippen LogP contribution in [0.2, 0.25) is 0 Å². The van der Waals surface area contributed by atoms with Crippen LogP contribution < -0.4 is 0 Å². The van der Waals surface area contributed by atoms with Crippen molar-refractivity contribution in [1.82, 2.24) is 4.98 Å². The van der Waals surface area contributed by atoms with E-state index in [1.54, 1.807) is 0 Å². The summed E-state index contributed by atoms with van der Waals surface area (Å²) in [5.41, 5.74) is 0.456. The molecule has 0 aliphatic carbocycles. The molecule has 0 N–H and O–H groups in total. The van der Waals surface area contributed by atoms with Crippen molar-refractivity contribution in [3.8, 4) is 0 Å². The lowest BCUT2D eigenvalue weighted by Crippen LogP contribution is -1.96. The fourth-order valence-electron chi connectivity index (χ4n) is 1.04. The predicted molar refractivity (Wildman–Crippen MR) is 47.1 cm³/mol. The molecule has 0 atom stereocenters. The number of fused-ring (bicyclic) bond motifs is 1. The second kappa shape index (κ2) is 2.78. The fraction of sp³-hybridized carbons (Fsp3) is 0.125. The smallest absolute Gasteiger partial charge is 0.315 e. The number of sulfone groups is 1. The van der Waals surface area contributed by atoms with Gasteiger partial charge in [-0.05, 0) is 12.1 Å². The topological polar surface area (TPSA) is 60.2 Å². The first-order valence-electron chi connectivity index (χ1n) is 3.73. The number of nitrogens with zero attached hydrogens (tertiary/aromatic N) is 1. The minimum absolute atomic E-state index is 0.199. The summed E-state index contributed by atoms with van der Waals surface area (Å²) >= 11 is 0. The molecule has 74 valence electrons. The van der Waals surface area contributed by atoms with Gasteiger partial charge in [-0.1, -0.05) is 0 Å². The first-order chi connectivity index (χ1) is 6.47. The second-order valence-electron chi connectivity index (χ2n) is 2.86. The lowest BCUT2D eigenvalue weighted by Gasteiger charge is -1.85.